The Balaban J connectivity index is 1.71. The lowest BCUT2D eigenvalue weighted by Gasteiger charge is -2.45. The van der Waals surface area contributed by atoms with E-state index >= 15 is 0 Å². The molecule has 2 heterocycles. The van der Waals surface area contributed by atoms with E-state index in [0.29, 0.717) is 6.54 Å². The van der Waals surface area contributed by atoms with Crippen molar-refractivity contribution in [2.75, 3.05) is 13.6 Å². The minimum Gasteiger partial charge on any atom is -0.358 e. The van der Waals surface area contributed by atoms with Gasteiger partial charge in [0, 0.05) is 32.5 Å². The number of hydrogen-bond acceptors (Lipinski definition) is 4. The van der Waals surface area contributed by atoms with Gasteiger partial charge in [-0.3, -0.25) is 19.5 Å². The first-order valence-corrected chi connectivity index (χ1v) is 9.33. The molecule has 1 aromatic rings. The first-order valence-electron chi connectivity index (χ1n) is 9.33. The van der Waals surface area contributed by atoms with Gasteiger partial charge in [-0.1, -0.05) is 25.3 Å². The van der Waals surface area contributed by atoms with Crippen LogP contribution in [-0.4, -0.2) is 46.9 Å². The summed E-state index contributed by atoms with van der Waals surface area (Å²) in [5.74, 6) is 0.0920. The third-order valence-electron chi connectivity index (χ3n) is 5.63. The monoisotopic (exact) mass is 344 g/mol. The van der Waals surface area contributed by atoms with E-state index in [-0.39, 0.29) is 17.9 Å². The molecule has 0 bridgehead atoms. The first kappa shape index (κ1) is 17.9. The maximum Gasteiger partial charge on any atom is 0.240 e. The van der Waals surface area contributed by atoms with Crippen LogP contribution in [-0.2, 0) is 16.1 Å². The minimum atomic E-state index is -0.514. The van der Waals surface area contributed by atoms with Gasteiger partial charge in [0.05, 0.1) is 6.04 Å². The van der Waals surface area contributed by atoms with Gasteiger partial charge in [0.1, 0.15) is 5.54 Å². The molecule has 0 radical (unpaired) electrons. The van der Waals surface area contributed by atoms with Gasteiger partial charge in [-0.05, 0) is 37.3 Å². The van der Waals surface area contributed by atoms with Crippen LogP contribution in [0.25, 0.3) is 0 Å². The molecule has 136 valence electrons. The molecule has 25 heavy (non-hydrogen) atoms. The highest BCUT2D eigenvalue weighted by molar-refractivity contribution is 5.88. The van der Waals surface area contributed by atoms with E-state index in [4.69, 9.17) is 0 Å². The van der Waals surface area contributed by atoms with E-state index in [1.807, 2.05) is 12.1 Å². The van der Waals surface area contributed by atoms with Gasteiger partial charge in [-0.15, -0.1) is 0 Å². The van der Waals surface area contributed by atoms with E-state index in [1.54, 1.807) is 19.4 Å². The molecule has 3 rings (SSSR count). The molecule has 1 aromatic heterocycles. The van der Waals surface area contributed by atoms with Crippen molar-refractivity contribution in [2.24, 2.45) is 0 Å². The van der Waals surface area contributed by atoms with Gasteiger partial charge in [0.25, 0.3) is 0 Å². The van der Waals surface area contributed by atoms with Crippen molar-refractivity contribution < 1.29 is 9.59 Å². The SMILES string of the molecule is CNC(=O)C1(N2CCCC2C(=O)NCc2cccnc2)CCCCC1. The highest BCUT2D eigenvalue weighted by Crippen LogP contribution is 2.38. The Morgan fingerprint density at radius 1 is 1.28 bits per heavy atom. The molecular formula is C19H28N4O2. The topological polar surface area (TPSA) is 74.3 Å². The summed E-state index contributed by atoms with van der Waals surface area (Å²) in [4.78, 5) is 31.8. The zero-order chi connectivity index (χ0) is 17.7. The number of carbonyl (C=O) groups is 2. The van der Waals surface area contributed by atoms with E-state index < -0.39 is 5.54 Å². The molecule has 0 aromatic carbocycles. The summed E-state index contributed by atoms with van der Waals surface area (Å²) in [6, 6.07) is 3.60. The Kier molecular flexibility index (Phi) is 5.68. The molecule has 1 saturated heterocycles. The number of nitrogens with one attached hydrogen (secondary N) is 2. The Bertz CT molecular complexity index is 599. The summed E-state index contributed by atoms with van der Waals surface area (Å²) < 4.78 is 0. The molecular weight excluding hydrogens is 316 g/mol. The fourth-order valence-electron chi connectivity index (χ4n) is 4.38. The standard InChI is InChI=1S/C19H28N4O2/c1-20-18(25)19(9-3-2-4-10-19)23-12-6-8-16(23)17(24)22-14-15-7-5-11-21-13-15/h5,7,11,13,16H,2-4,6,8-10,12,14H2,1H3,(H,20,25)(H,22,24). The number of nitrogens with zero attached hydrogens (tertiary/aromatic N) is 2. The smallest absolute Gasteiger partial charge is 0.240 e. The number of amides is 2. The molecule has 6 nitrogen and oxygen atoms in total. The van der Waals surface area contributed by atoms with Gasteiger partial charge >= 0.3 is 0 Å². The van der Waals surface area contributed by atoms with E-state index in [0.717, 1.165) is 50.6 Å². The van der Waals surface area contributed by atoms with Gasteiger partial charge in [-0.2, -0.15) is 0 Å². The number of likely N-dealkylation sites (N-methyl/N-ethyl adjacent to an activating group) is 1. The van der Waals surface area contributed by atoms with Crippen LogP contribution in [0.3, 0.4) is 0 Å². The zero-order valence-corrected chi connectivity index (χ0v) is 15.0. The van der Waals surface area contributed by atoms with Gasteiger partial charge in [0.2, 0.25) is 11.8 Å². The van der Waals surface area contributed by atoms with Crippen LogP contribution in [0.5, 0.6) is 0 Å². The summed E-state index contributed by atoms with van der Waals surface area (Å²) >= 11 is 0. The normalized spacial score (nSPS) is 23.2. The fourth-order valence-corrected chi connectivity index (χ4v) is 4.38. The second-order valence-corrected chi connectivity index (χ2v) is 7.10. The van der Waals surface area contributed by atoms with E-state index in [9.17, 15) is 9.59 Å². The molecule has 1 saturated carbocycles. The zero-order valence-electron chi connectivity index (χ0n) is 15.0. The molecule has 0 spiro atoms. The maximum absolute atomic E-state index is 12.8. The highest BCUT2D eigenvalue weighted by atomic mass is 16.2. The summed E-state index contributed by atoms with van der Waals surface area (Å²) in [6.45, 7) is 1.29. The lowest BCUT2D eigenvalue weighted by Crippen LogP contribution is -2.62. The lowest BCUT2D eigenvalue weighted by atomic mass is 9.79. The molecule has 1 aliphatic carbocycles. The van der Waals surface area contributed by atoms with Crippen LogP contribution in [0.1, 0.15) is 50.5 Å². The minimum absolute atomic E-state index is 0.0233. The van der Waals surface area contributed by atoms with Crippen molar-refractivity contribution in [1.82, 2.24) is 20.5 Å². The number of pyridine rings is 1. The van der Waals surface area contributed by atoms with Crippen molar-refractivity contribution in [3.05, 3.63) is 30.1 Å². The summed E-state index contributed by atoms with van der Waals surface area (Å²) in [5, 5.41) is 5.88. The molecule has 2 amide bonds. The van der Waals surface area contributed by atoms with Crippen LogP contribution in [0, 0.1) is 0 Å². The van der Waals surface area contributed by atoms with Crippen molar-refractivity contribution in [3.8, 4) is 0 Å². The number of hydrogen-bond donors (Lipinski definition) is 2. The van der Waals surface area contributed by atoms with Crippen LogP contribution in [0.2, 0.25) is 0 Å². The molecule has 6 heteroatoms. The van der Waals surface area contributed by atoms with Gasteiger partial charge < -0.3 is 10.6 Å². The molecule has 2 fully saturated rings. The summed E-state index contributed by atoms with van der Waals surface area (Å²) in [6.07, 6.45) is 10.2. The van der Waals surface area contributed by atoms with Crippen LogP contribution < -0.4 is 10.6 Å². The fraction of sp³-hybridized carbons (Fsp3) is 0.632. The Morgan fingerprint density at radius 3 is 2.76 bits per heavy atom. The number of rotatable bonds is 5. The van der Waals surface area contributed by atoms with Crippen molar-refractivity contribution in [2.45, 2.75) is 63.1 Å². The van der Waals surface area contributed by atoms with Crippen LogP contribution in [0.4, 0.5) is 0 Å². The average Bonchev–Trinajstić information content (AvgIpc) is 3.17. The Morgan fingerprint density at radius 2 is 2.08 bits per heavy atom. The highest BCUT2D eigenvalue weighted by Gasteiger charge is 2.49. The second-order valence-electron chi connectivity index (χ2n) is 7.10. The van der Waals surface area contributed by atoms with Crippen LogP contribution >= 0.6 is 0 Å². The Hall–Kier alpha value is -1.95. The summed E-state index contributed by atoms with van der Waals surface area (Å²) in [5.41, 5.74) is 0.471. The molecule has 2 N–H and O–H groups in total. The quantitative estimate of drug-likeness (QED) is 0.851. The van der Waals surface area contributed by atoms with Crippen LogP contribution in [0.15, 0.2) is 24.5 Å². The number of carbonyl (C=O) groups excluding carboxylic acids is 2. The lowest BCUT2D eigenvalue weighted by molar-refractivity contribution is -0.140. The number of likely N-dealkylation sites (tertiary alicyclic amines) is 1. The van der Waals surface area contributed by atoms with Gasteiger partial charge in [-0.25, -0.2) is 0 Å². The van der Waals surface area contributed by atoms with Crippen molar-refractivity contribution >= 4 is 11.8 Å². The van der Waals surface area contributed by atoms with E-state index in [1.165, 1.54) is 6.42 Å². The summed E-state index contributed by atoms with van der Waals surface area (Å²) in [7, 11) is 1.70. The average molecular weight is 344 g/mol. The molecule has 1 aliphatic heterocycles. The van der Waals surface area contributed by atoms with Gasteiger partial charge in [0.15, 0.2) is 0 Å². The predicted molar refractivity (Wildman–Crippen MR) is 95.7 cm³/mol. The third-order valence-corrected chi connectivity index (χ3v) is 5.63. The largest absolute Gasteiger partial charge is 0.358 e. The van der Waals surface area contributed by atoms with E-state index in [2.05, 4.69) is 20.5 Å². The molecule has 1 atom stereocenters. The van der Waals surface area contributed by atoms with Crippen molar-refractivity contribution in [1.29, 1.82) is 0 Å². The maximum atomic E-state index is 12.8. The molecule has 1 unspecified atom stereocenters. The Labute approximate surface area is 149 Å². The van der Waals surface area contributed by atoms with Crippen molar-refractivity contribution in [3.63, 3.8) is 0 Å². The second kappa shape index (κ2) is 7.95. The number of aromatic nitrogens is 1. The first-order chi connectivity index (χ1) is 12.2. The third kappa shape index (κ3) is 3.68. The predicted octanol–water partition coefficient (Wildman–Crippen LogP) is 1.61. The molecule has 2 aliphatic rings.